The van der Waals surface area contributed by atoms with Gasteiger partial charge >= 0.3 is 0 Å². The second-order valence-corrected chi connectivity index (χ2v) is 3.97. The molecule has 17 heavy (non-hydrogen) atoms. The van der Waals surface area contributed by atoms with Gasteiger partial charge < -0.3 is 10.0 Å². The number of hydrogen-bond acceptors (Lipinski definition) is 4. The van der Waals surface area contributed by atoms with Crippen LogP contribution >= 0.6 is 0 Å². The molecule has 0 saturated carbocycles. The minimum Gasteiger partial charge on any atom is -0.508 e. The molecule has 0 atom stereocenters. The van der Waals surface area contributed by atoms with Crippen LogP contribution in [0.3, 0.4) is 0 Å². The van der Waals surface area contributed by atoms with Crippen molar-refractivity contribution in [3.8, 4) is 5.75 Å². The predicted octanol–water partition coefficient (Wildman–Crippen LogP) is 1.78. The zero-order valence-electron chi connectivity index (χ0n) is 9.88. The zero-order chi connectivity index (χ0) is 13.2. The lowest BCUT2D eigenvalue weighted by atomic mass is 10.1. The van der Waals surface area contributed by atoms with Crippen LogP contribution in [0.1, 0.15) is 24.2 Å². The van der Waals surface area contributed by atoms with Crippen molar-refractivity contribution in [3.63, 3.8) is 0 Å². The fourth-order valence-corrected chi connectivity index (χ4v) is 1.28. The number of rotatable bonds is 3. The highest BCUT2D eigenvalue weighted by molar-refractivity contribution is 5.98. The van der Waals surface area contributed by atoms with Crippen LogP contribution in [0.4, 0.5) is 5.69 Å². The minimum atomic E-state index is -0.638. The van der Waals surface area contributed by atoms with Crippen LogP contribution < -0.4 is 0 Å². The summed E-state index contributed by atoms with van der Waals surface area (Å²) in [5.74, 6) is -0.654. The van der Waals surface area contributed by atoms with Crippen molar-refractivity contribution in [1.82, 2.24) is 4.90 Å². The second-order valence-electron chi connectivity index (χ2n) is 3.97. The normalized spacial score (nSPS) is 10.4. The first-order valence-electron chi connectivity index (χ1n) is 5.09. The number of aromatic hydroxyl groups is 1. The van der Waals surface area contributed by atoms with Crippen LogP contribution in [0.2, 0.25) is 0 Å². The van der Waals surface area contributed by atoms with Crippen LogP contribution in [0.15, 0.2) is 18.2 Å². The molecule has 1 aromatic rings. The van der Waals surface area contributed by atoms with Crippen LogP contribution in [0.25, 0.3) is 0 Å². The summed E-state index contributed by atoms with van der Waals surface area (Å²) in [6, 6.07) is 3.34. The Morgan fingerprint density at radius 1 is 1.47 bits per heavy atom. The van der Waals surface area contributed by atoms with Gasteiger partial charge in [-0.2, -0.15) is 0 Å². The van der Waals surface area contributed by atoms with Crippen molar-refractivity contribution in [2.45, 2.75) is 19.9 Å². The molecule has 0 aliphatic rings. The molecule has 0 aromatic heterocycles. The first-order valence-corrected chi connectivity index (χ1v) is 5.09. The number of phenolic OH excluding ortho intramolecular Hbond substituents is 1. The summed E-state index contributed by atoms with van der Waals surface area (Å²) < 4.78 is 0. The average Bonchev–Trinajstić information content (AvgIpc) is 2.26. The lowest BCUT2D eigenvalue weighted by Gasteiger charge is -2.21. The molecule has 0 fully saturated rings. The maximum Gasteiger partial charge on any atom is 0.282 e. The molecule has 1 N–H and O–H groups in total. The van der Waals surface area contributed by atoms with Gasteiger partial charge in [0.25, 0.3) is 11.6 Å². The van der Waals surface area contributed by atoms with E-state index in [1.165, 1.54) is 11.0 Å². The quantitative estimate of drug-likeness (QED) is 0.642. The molecule has 1 rings (SSSR count). The number of carbonyl (C=O) groups is 1. The predicted molar refractivity (Wildman–Crippen MR) is 62.0 cm³/mol. The summed E-state index contributed by atoms with van der Waals surface area (Å²) in [6.45, 7) is 3.60. The van der Waals surface area contributed by atoms with Crippen LogP contribution in [-0.4, -0.2) is 33.9 Å². The van der Waals surface area contributed by atoms with E-state index in [9.17, 15) is 20.0 Å². The molecule has 0 spiro atoms. The van der Waals surface area contributed by atoms with Crippen molar-refractivity contribution in [3.05, 3.63) is 33.9 Å². The molecule has 0 aliphatic carbocycles. The molecular weight excluding hydrogens is 224 g/mol. The summed E-state index contributed by atoms with van der Waals surface area (Å²) in [7, 11) is 1.56. The van der Waals surface area contributed by atoms with Gasteiger partial charge in [0, 0.05) is 19.2 Å². The summed E-state index contributed by atoms with van der Waals surface area (Å²) in [5.41, 5.74) is -0.411. The third-order valence-electron chi connectivity index (χ3n) is 2.50. The smallest absolute Gasteiger partial charge is 0.282 e. The lowest BCUT2D eigenvalue weighted by Crippen LogP contribution is -2.33. The number of nitrogens with zero attached hydrogens (tertiary/aromatic N) is 2. The molecule has 0 saturated heterocycles. The van der Waals surface area contributed by atoms with Gasteiger partial charge in [-0.3, -0.25) is 14.9 Å². The van der Waals surface area contributed by atoms with Gasteiger partial charge in [-0.1, -0.05) is 0 Å². The summed E-state index contributed by atoms with van der Waals surface area (Å²) >= 11 is 0. The van der Waals surface area contributed by atoms with E-state index in [4.69, 9.17) is 0 Å². The van der Waals surface area contributed by atoms with E-state index in [2.05, 4.69) is 0 Å². The number of hydrogen-bond donors (Lipinski definition) is 1. The average molecular weight is 238 g/mol. The fraction of sp³-hybridized carbons (Fsp3) is 0.364. The molecule has 0 unspecified atom stereocenters. The molecule has 0 heterocycles. The largest absolute Gasteiger partial charge is 0.508 e. The van der Waals surface area contributed by atoms with Gasteiger partial charge in [0.15, 0.2) is 0 Å². The van der Waals surface area contributed by atoms with E-state index >= 15 is 0 Å². The number of nitro groups is 1. The monoisotopic (exact) mass is 238 g/mol. The Labute approximate surface area is 98.6 Å². The van der Waals surface area contributed by atoms with Gasteiger partial charge in [-0.15, -0.1) is 0 Å². The highest BCUT2D eigenvalue weighted by Gasteiger charge is 2.24. The number of nitro benzene ring substituents is 1. The highest BCUT2D eigenvalue weighted by Crippen LogP contribution is 2.24. The molecule has 92 valence electrons. The Balaban J connectivity index is 3.24. The SMILES string of the molecule is CC(C)N(C)C(=O)c1cc(O)ccc1[N+](=O)[O-]. The molecule has 6 nitrogen and oxygen atoms in total. The second kappa shape index (κ2) is 4.82. The Morgan fingerprint density at radius 2 is 2.06 bits per heavy atom. The molecular formula is C11H14N2O4. The van der Waals surface area contributed by atoms with Crippen molar-refractivity contribution in [2.24, 2.45) is 0 Å². The van der Waals surface area contributed by atoms with Gasteiger partial charge in [0.1, 0.15) is 11.3 Å². The summed E-state index contributed by atoms with van der Waals surface area (Å²) in [4.78, 5) is 23.5. The maximum absolute atomic E-state index is 12.0. The summed E-state index contributed by atoms with van der Waals surface area (Å²) in [5, 5.41) is 20.1. The van der Waals surface area contributed by atoms with E-state index in [0.29, 0.717) is 0 Å². The standard InChI is InChI=1S/C11H14N2O4/c1-7(2)12(3)11(15)9-6-8(14)4-5-10(9)13(16)17/h4-7,14H,1-3H3. The van der Waals surface area contributed by atoms with Crippen LogP contribution in [-0.2, 0) is 0 Å². The minimum absolute atomic E-state index is 0.0792. The zero-order valence-corrected chi connectivity index (χ0v) is 9.88. The van der Waals surface area contributed by atoms with Crippen molar-refractivity contribution >= 4 is 11.6 Å². The number of amides is 1. The molecule has 1 aromatic carbocycles. The Morgan fingerprint density at radius 3 is 2.53 bits per heavy atom. The van der Waals surface area contributed by atoms with Gasteiger partial charge in [0.05, 0.1) is 4.92 Å². The van der Waals surface area contributed by atoms with E-state index < -0.39 is 10.8 Å². The van der Waals surface area contributed by atoms with E-state index in [0.717, 1.165) is 12.1 Å². The topological polar surface area (TPSA) is 83.7 Å². The molecule has 6 heteroatoms. The number of phenols is 1. The fourth-order valence-electron chi connectivity index (χ4n) is 1.28. The lowest BCUT2D eigenvalue weighted by molar-refractivity contribution is -0.385. The van der Waals surface area contributed by atoms with Gasteiger partial charge in [-0.05, 0) is 26.0 Å². The van der Waals surface area contributed by atoms with Crippen LogP contribution in [0, 0.1) is 10.1 Å². The van der Waals surface area contributed by atoms with Crippen molar-refractivity contribution in [1.29, 1.82) is 0 Å². The molecule has 1 amide bonds. The van der Waals surface area contributed by atoms with E-state index in [-0.39, 0.29) is 23.0 Å². The molecule has 0 aliphatic heterocycles. The highest BCUT2D eigenvalue weighted by atomic mass is 16.6. The van der Waals surface area contributed by atoms with Crippen molar-refractivity contribution in [2.75, 3.05) is 7.05 Å². The van der Waals surface area contributed by atoms with Gasteiger partial charge in [0.2, 0.25) is 0 Å². The van der Waals surface area contributed by atoms with E-state index in [1.54, 1.807) is 20.9 Å². The third kappa shape index (κ3) is 2.72. The van der Waals surface area contributed by atoms with Crippen LogP contribution in [0.5, 0.6) is 5.75 Å². The summed E-state index contributed by atoms with van der Waals surface area (Å²) in [6.07, 6.45) is 0. The first kappa shape index (κ1) is 13.0. The van der Waals surface area contributed by atoms with Crippen molar-refractivity contribution < 1.29 is 14.8 Å². The maximum atomic E-state index is 12.0. The Kier molecular flexibility index (Phi) is 3.67. The molecule has 0 radical (unpaired) electrons. The van der Waals surface area contributed by atoms with Gasteiger partial charge in [-0.25, -0.2) is 0 Å². The molecule has 0 bridgehead atoms. The number of benzene rings is 1. The number of carbonyl (C=O) groups excluding carboxylic acids is 1. The van der Waals surface area contributed by atoms with E-state index in [1.807, 2.05) is 0 Å². The Bertz CT molecular complexity index is 457. The Hall–Kier alpha value is -2.11. The third-order valence-corrected chi connectivity index (χ3v) is 2.50. The first-order chi connectivity index (χ1) is 7.84.